The van der Waals surface area contributed by atoms with Gasteiger partial charge in [-0.2, -0.15) is 5.10 Å². The zero-order valence-electron chi connectivity index (χ0n) is 21.1. The number of hydrogen-bond acceptors (Lipinski definition) is 7. The van der Waals surface area contributed by atoms with E-state index >= 15 is 0 Å². The van der Waals surface area contributed by atoms with Crippen LogP contribution >= 0.6 is 0 Å². The second-order valence-corrected chi connectivity index (χ2v) is 10.7. The van der Waals surface area contributed by atoms with Crippen LogP contribution in [0.1, 0.15) is 32.4 Å². The number of benzene rings is 1. The Morgan fingerprint density at radius 1 is 1.06 bits per heavy atom. The van der Waals surface area contributed by atoms with E-state index in [4.69, 9.17) is 9.72 Å². The molecule has 36 heavy (non-hydrogen) atoms. The fourth-order valence-electron chi connectivity index (χ4n) is 3.91. The third-order valence-corrected chi connectivity index (χ3v) is 7.59. The zero-order valence-corrected chi connectivity index (χ0v) is 21.9. The van der Waals surface area contributed by atoms with Gasteiger partial charge < -0.3 is 4.74 Å². The lowest BCUT2D eigenvalue weighted by molar-refractivity contribution is 0.318. The minimum atomic E-state index is -3.72. The predicted octanol–water partition coefficient (Wildman–Crippen LogP) is 3.17. The van der Waals surface area contributed by atoms with Crippen molar-refractivity contribution in [3.8, 4) is 23.0 Å². The van der Waals surface area contributed by atoms with Crippen molar-refractivity contribution in [2.45, 2.75) is 38.0 Å². The van der Waals surface area contributed by atoms with Crippen LogP contribution < -0.4 is 10.3 Å². The highest BCUT2D eigenvalue weighted by molar-refractivity contribution is 7.89. The molecule has 0 spiro atoms. The Hall–Kier alpha value is -3.57. The van der Waals surface area contributed by atoms with Gasteiger partial charge in [0.1, 0.15) is 17.1 Å². The normalized spacial score (nSPS) is 11.9. The molecule has 1 aromatic carbocycles. The van der Waals surface area contributed by atoms with Crippen molar-refractivity contribution in [1.82, 2.24) is 28.6 Å². The molecule has 3 aromatic heterocycles. The van der Waals surface area contributed by atoms with Gasteiger partial charge in [0.05, 0.1) is 22.8 Å². The Kier molecular flexibility index (Phi) is 7.23. The maximum Gasteiger partial charge on any atom is 0.281 e. The molecule has 4 rings (SSSR count). The molecule has 4 aromatic rings. The first-order valence-corrected chi connectivity index (χ1v) is 13.2. The van der Waals surface area contributed by atoms with Gasteiger partial charge in [0.25, 0.3) is 5.56 Å². The van der Waals surface area contributed by atoms with Crippen LogP contribution in [0.25, 0.3) is 28.2 Å². The lowest BCUT2D eigenvalue weighted by atomic mass is 10.1. The van der Waals surface area contributed by atoms with Gasteiger partial charge in [0, 0.05) is 27.3 Å². The standard InChI is InChI=1S/C25H30N6O4S/c1-6-10-19-22-23(28-31(19)21-11-8-9-14-26-21)25(32)30(5)24(27-22)18-16-17(36(33,34)29(3)4)12-13-20(18)35-15-7-2/h8-9,11-14,16H,6-7,10,15H2,1-5H3. The largest absolute Gasteiger partial charge is 0.493 e. The third-order valence-electron chi connectivity index (χ3n) is 5.78. The van der Waals surface area contributed by atoms with Crippen LogP contribution in [0.4, 0.5) is 0 Å². The van der Waals surface area contributed by atoms with Gasteiger partial charge in [-0.05, 0) is 43.2 Å². The van der Waals surface area contributed by atoms with Crippen LogP contribution in [-0.4, -0.2) is 57.7 Å². The van der Waals surface area contributed by atoms with Crippen LogP contribution in [0.5, 0.6) is 5.75 Å². The first-order chi connectivity index (χ1) is 17.2. The first kappa shape index (κ1) is 25.5. The van der Waals surface area contributed by atoms with E-state index in [0.29, 0.717) is 41.5 Å². The highest BCUT2D eigenvalue weighted by atomic mass is 32.2. The van der Waals surface area contributed by atoms with Gasteiger partial charge in [-0.15, -0.1) is 0 Å². The van der Waals surface area contributed by atoms with Crippen LogP contribution in [0.2, 0.25) is 0 Å². The molecular formula is C25H30N6O4S. The Bertz CT molecular complexity index is 1560. The molecule has 0 atom stereocenters. The summed E-state index contributed by atoms with van der Waals surface area (Å²) >= 11 is 0. The van der Waals surface area contributed by atoms with Gasteiger partial charge in [0.2, 0.25) is 10.0 Å². The van der Waals surface area contributed by atoms with E-state index in [9.17, 15) is 13.2 Å². The van der Waals surface area contributed by atoms with Crippen molar-refractivity contribution >= 4 is 21.1 Å². The van der Waals surface area contributed by atoms with Gasteiger partial charge >= 0.3 is 0 Å². The lowest BCUT2D eigenvalue weighted by Crippen LogP contribution is -2.23. The van der Waals surface area contributed by atoms with E-state index in [2.05, 4.69) is 10.1 Å². The fourth-order valence-corrected chi connectivity index (χ4v) is 4.83. The quantitative estimate of drug-likeness (QED) is 0.340. The number of fused-ring (bicyclic) bond motifs is 1. The van der Waals surface area contributed by atoms with Crippen molar-refractivity contribution in [2.24, 2.45) is 7.05 Å². The molecule has 0 aliphatic heterocycles. The average Bonchev–Trinajstić information content (AvgIpc) is 3.24. The Morgan fingerprint density at radius 3 is 2.47 bits per heavy atom. The number of hydrogen-bond donors (Lipinski definition) is 0. The van der Waals surface area contributed by atoms with Crippen molar-refractivity contribution < 1.29 is 13.2 Å². The molecule has 0 fully saturated rings. The van der Waals surface area contributed by atoms with Crippen molar-refractivity contribution in [3.05, 3.63) is 58.6 Å². The molecule has 11 heteroatoms. The number of rotatable bonds is 9. The van der Waals surface area contributed by atoms with Crippen molar-refractivity contribution in [2.75, 3.05) is 20.7 Å². The van der Waals surface area contributed by atoms with Crippen LogP contribution in [0.3, 0.4) is 0 Å². The monoisotopic (exact) mass is 510 g/mol. The Balaban J connectivity index is 2.03. The van der Waals surface area contributed by atoms with Crippen molar-refractivity contribution in [3.63, 3.8) is 0 Å². The minimum absolute atomic E-state index is 0.0821. The first-order valence-electron chi connectivity index (χ1n) is 11.8. The summed E-state index contributed by atoms with van der Waals surface area (Å²) in [5.74, 6) is 1.34. The molecule has 0 saturated carbocycles. The molecule has 0 amide bonds. The van der Waals surface area contributed by atoms with Gasteiger partial charge in [-0.3, -0.25) is 9.36 Å². The van der Waals surface area contributed by atoms with Crippen LogP contribution in [0, 0.1) is 0 Å². The van der Waals surface area contributed by atoms with E-state index in [1.807, 2.05) is 32.0 Å². The predicted molar refractivity (Wildman–Crippen MR) is 138 cm³/mol. The number of ether oxygens (including phenoxy) is 1. The molecule has 0 bridgehead atoms. The summed E-state index contributed by atoms with van der Waals surface area (Å²) in [5.41, 5.74) is 1.52. The molecule has 10 nitrogen and oxygen atoms in total. The molecule has 0 saturated heterocycles. The highest BCUT2D eigenvalue weighted by Gasteiger charge is 2.24. The number of aromatic nitrogens is 5. The number of pyridine rings is 1. The second-order valence-electron chi connectivity index (χ2n) is 8.59. The van der Waals surface area contributed by atoms with E-state index in [-0.39, 0.29) is 16.0 Å². The van der Waals surface area contributed by atoms with E-state index < -0.39 is 10.0 Å². The van der Waals surface area contributed by atoms with Crippen LogP contribution in [0.15, 0.2) is 52.3 Å². The van der Waals surface area contributed by atoms with Gasteiger partial charge in [0.15, 0.2) is 11.3 Å². The highest BCUT2D eigenvalue weighted by Crippen LogP contribution is 2.33. The molecule has 190 valence electrons. The van der Waals surface area contributed by atoms with E-state index in [0.717, 1.165) is 22.8 Å². The number of nitrogens with zero attached hydrogens (tertiary/aromatic N) is 6. The van der Waals surface area contributed by atoms with Gasteiger partial charge in [-0.25, -0.2) is 27.4 Å². The average molecular weight is 511 g/mol. The maximum absolute atomic E-state index is 13.5. The lowest BCUT2D eigenvalue weighted by Gasteiger charge is -2.17. The summed E-state index contributed by atoms with van der Waals surface area (Å²) in [6.07, 6.45) is 3.87. The molecule has 3 heterocycles. The second kappa shape index (κ2) is 10.2. The van der Waals surface area contributed by atoms with Gasteiger partial charge in [-0.1, -0.05) is 26.3 Å². The summed E-state index contributed by atoms with van der Waals surface area (Å²) in [7, 11) is 0.820. The zero-order chi connectivity index (χ0) is 26.0. The third kappa shape index (κ3) is 4.51. The molecule has 0 unspecified atom stereocenters. The maximum atomic E-state index is 13.5. The summed E-state index contributed by atoms with van der Waals surface area (Å²) < 4.78 is 35.9. The minimum Gasteiger partial charge on any atom is -0.493 e. The number of sulfonamides is 1. The summed E-state index contributed by atoms with van der Waals surface area (Å²) in [6, 6.07) is 10.1. The molecule has 0 aliphatic rings. The smallest absolute Gasteiger partial charge is 0.281 e. The summed E-state index contributed by atoms with van der Waals surface area (Å²) in [5, 5.41) is 4.57. The fraction of sp³-hybridized carbons (Fsp3) is 0.360. The van der Waals surface area contributed by atoms with E-state index in [1.54, 1.807) is 24.0 Å². The summed E-state index contributed by atoms with van der Waals surface area (Å²) in [6.45, 7) is 4.45. The molecule has 0 aliphatic carbocycles. The molecular weight excluding hydrogens is 480 g/mol. The Morgan fingerprint density at radius 2 is 1.83 bits per heavy atom. The molecule has 0 radical (unpaired) electrons. The Labute approximate surface area is 210 Å². The van der Waals surface area contributed by atoms with E-state index in [1.165, 1.54) is 30.8 Å². The van der Waals surface area contributed by atoms with Crippen molar-refractivity contribution in [1.29, 1.82) is 0 Å². The SMILES string of the molecule is CCCOc1ccc(S(=O)(=O)N(C)C)cc1-c1nc2c(CCC)n(-c3ccccn3)nc2c(=O)n1C. The van der Waals surface area contributed by atoms with Crippen LogP contribution in [-0.2, 0) is 23.5 Å². The summed E-state index contributed by atoms with van der Waals surface area (Å²) in [4.78, 5) is 22.8. The topological polar surface area (TPSA) is 112 Å². The molecule has 0 N–H and O–H groups in total. The number of aryl methyl sites for hydroxylation is 1.